The number of nitrogens with one attached hydrogen (secondary N) is 2. The molecule has 0 aliphatic carbocycles. The summed E-state index contributed by atoms with van der Waals surface area (Å²) in [5.41, 5.74) is 0. The van der Waals surface area contributed by atoms with Gasteiger partial charge in [-0.1, -0.05) is 24.4 Å². The summed E-state index contributed by atoms with van der Waals surface area (Å²) in [6, 6.07) is 0. The van der Waals surface area contributed by atoms with Crippen molar-refractivity contribution in [2.24, 2.45) is 0 Å². The van der Waals surface area contributed by atoms with Gasteiger partial charge in [0.1, 0.15) is 9.28 Å². The van der Waals surface area contributed by atoms with Gasteiger partial charge >= 0.3 is 59.1 Å². The zero-order valence-electron chi connectivity index (χ0n) is 7.22. The molecular formula is C2H4N2Na2S3. The maximum Gasteiger partial charge on any atom is 1.00 e. The Morgan fingerprint density at radius 3 is 1.56 bits per heavy atom. The number of H-pyrrole nitrogens is 2. The molecule has 0 aliphatic heterocycles. The van der Waals surface area contributed by atoms with E-state index >= 15 is 0 Å². The van der Waals surface area contributed by atoms with Crippen LogP contribution in [0, 0.1) is 9.28 Å². The van der Waals surface area contributed by atoms with Crippen LogP contribution in [-0.4, -0.2) is 8.75 Å². The van der Waals surface area contributed by atoms with Crippen molar-refractivity contribution in [3.8, 4) is 0 Å². The van der Waals surface area contributed by atoms with E-state index < -0.39 is 0 Å². The van der Waals surface area contributed by atoms with Gasteiger partial charge in [0.2, 0.25) is 0 Å². The molecule has 1 aromatic rings. The van der Waals surface area contributed by atoms with Crippen LogP contribution in [0.4, 0.5) is 0 Å². The van der Waals surface area contributed by atoms with E-state index in [2.05, 4.69) is 8.75 Å². The summed E-state index contributed by atoms with van der Waals surface area (Å²) in [4.78, 5) is 0. The quantitative estimate of drug-likeness (QED) is 0.330. The second kappa shape index (κ2) is 6.69. The number of aromatic nitrogens is 2. The monoisotopic (exact) mass is 198 g/mol. The molecule has 1 rings (SSSR count). The van der Waals surface area contributed by atoms with Gasteiger partial charge in [-0.2, -0.15) is 0 Å². The van der Waals surface area contributed by atoms with E-state index in [0.717, 1.165) is 0 Å². The summed E-state index contributed by atoms with van der Waals surface area (Å²) in [5.74, 6) is 0. The fraction of sp³-hybridized carbons (Fsp3) is 0. The topological polar surface area (TPSA) is 31.6 Å². The smallest absolute Gasteiger partial charge is 1.00 e. The molecule has 0 fully saturated rings. The fourth-order valence-electron chi connectivity index (χ4n) is 0.211. The second-order valence-electron chi connectivity index (χ2n) is 0.964. The molecule has 0 radical (unpaired) electrons. The Balaban J connectivity index is -0.0000000612. The Morgan fingerprint density at radius 1 is 1.11 bits per heavy atom. The first-order valence-electron chi connectivity index (χ1n) is 1.57. The maximum atomic E-state index is 4.71. The van der Waals surface area contributed by atoms with Crippen molar-refractivity contribution in [3.05, 3.63) is 9.28 Å². The van der Waals surface area contributed by atoms with E-state index in [9.17, 15) is 0 Å². The number of aromatic amines is 2. The molecule has 9 heavy (non-hydrogen) atoms. The van der Waals surface area contributed by atoms with Crippen molar-refractivity contribution in [1.82, 2.24) is 8.75 Å². The summed E-state index contributed by atoms with van der Waals surface area (Å²) in [5, 5.41) is 0. The van der Waals surface area contributed by atoms with E-state index in [1.807, 2.05) is 0 Å². The number of rotatable bonds is 0. The molecule has 1 heterocycles. The molecule has 0 spiro atoms. The summed E-state index contributed by atoms with van der Waals surface area (Å²) >= 11 is 10.7. The zero-order chi connectivity index (χ0) is 5.28. The van der Waals surface area contributed by atoms with Crippen LogP contribution in [-0.2, 0) is 0 Å². The minimum absolute atomic E-state index is 0. The van der Waals surface area contributed by atoms with Crippen LogP contribution in [0.2, 0.25) is 0 Å². The zero-order valence-corrected chi connectivity index (χ0v) is 11.7. The SMILES string of the molecule is S=c1[nH]s[nH]c1=S.[H-].[H-].[Na+].[Na+]. The van der Waals surface area contributed by atoms with Gasteiger partial charge in [0.05, 0.1) is 0 Å². The van der Waals surface area contributed by atoms with Gasteiger partial charge in [-0.3, -0.25) is 8.75 Å². The third-order valence-electron chi connectivity index (χ3n) is 0.494. The molecule has 0 bridgehead atoms. The van der Waals surface area contributed by atoms with Crippen LogP contribution in [0.25, 0.3) is 0 Å². The van der Waals surface area contributed by atoms with Crippen LogP contribution < -0.4 is 59.1 Å². The third kappa shape index (κ3) is 4.44. The van der Waals surface area contributed by atoms with Crippen molar-refractivity contribution in [3.63, 3.8) is 0 Å². The number of hydrogen-bond acceptors (Lipinski definition) is 3. The Morgan fingerprint density at radius 2 is 1.44 bits per heavy atom. The van der Waals surface area contributed by atoms with Crippen molar-refractivity contribution in [2.75, 3.05) is 0 Å². The Labute approximate surface area is 114 Å². The second-order valence-corrected chi connectivity index (χ2v) is 2.39. The first-order valence-corrected chi connectivity index (χ1v) is 3.20. The van der Waals surface area contributed by atoms with Crippen molar-refractivity contribution in [2.45, 2.75) is 0 Å². The first-order chi connectivity index (χ1) is 3.30. The van der Waals surface area contributed by atoms with Crippen molar-refractivity contribution >= 4 is 36.2 Å². The molecule has 7 heteroatoms. The van der Waals surface area contributed by atoms with Crippen LogP contribution in [0.5, 0.6) is 0 Å². The van der Waals surface area contributed by atoms with Gasteiger partial charge in [-0.25, -0.2) is 0 Å². The molecule has 0 aliphatic rings. The summed E-state index contributed by atoms with van der Waals surface area (Å²) in [6.07, 6.45) is 0. The third-order valence-corrected chi connectivity index (χ3v) is 2.11. The Bertz CT molecular complexity index is 230. The van der Waals surface area contributed by atoms with Crippen LogP contribution in [0.1, 0.15) is 2.85 Å². The molecule has 2 nitrogen and oxygen atoms in total. The average molecular weight is 198 g/mol. The van der Waals surface area contributed by atoms with E-state index in [-0.39, 0.29) is 62.0 Å². The van der Waals surface area contributed by atoms with Gasteiger partial charge in [0.25, 0.3) is 0 Å². The molecule has 0 atom stereocenters. The van der Waals surface area contributed by atoms with E-state index in [4.69, 9.17) is 24.4 Å². The van der Waals surface area contributed by atoms with Crippen molar-refractivity contribution in [1.29, 1.82) is 0 Å². The van der Waals surface area contributed by atoms with E-state index in [0.29, 0.717) is 9.28 Å². The minimum Gasteiger partial charge on any atom is -1.00 e. The maximum absolute atomic E-state index is 4.71. The van der Waals surface area contributed by atoms with E-state index in [1.165, 1.54) is 11.7 Å². The Hall–Kier alpha value is 2.00. The molecule has 0 aromatic carbocycles. The molecule has 0 saturated carbocycles. The van der Waals surface area contributed by atoms with Crippen LogP contribution >= 0.6 is 36.2 Å². The van der Waals surface area contributed by atoms with Gasteiger partial charge in [0.15, 0.2) is 0 Å². The largest absolute Gasteiger partial charge is 1.00 e. The first kappa shape index (κ1) is 13.6. The normalized spacial score (nSPS) is 7.11. The van der Waals surface area contributed by atoms with Gasteiger partial charge < -0.3 is 2.85 Å². The molecule has 42 valence electrons. The van der Waals surface area contributed by atoms with Gasteiger partial charge in [0, 0.05) is 11.7 Å². The summed E-state index contributed by atoms with van der Waals surface area (Å²) < 4.78 is 6.78. The molecule has 1 aromatic heterocycles. The summed E-state index contributed by atoms with van der Waals surface area (Å²) in [6.45, 7) is 0. The van der Waals surface area contributed by atoms with Crippen LogP contribution in [0.3, 0.4) is 0 Å². The fourth-order valence-corrected chi connectivity index (χ4v) is 1.13. The van der Waals surface area contributed by atoms with Crippen molar-refractivity contribution < 1.29 is 62.0 Å². The molecule has 0 amide bonds. The number of hydrogen-bond donors (Lipinski definition) is 2. The molecule has 0 saturated heterocycles. The average Bonchev–Trinajstić information content (AvgIpc) is 1.91. The van der Waals surface area contributed by atoms with Crippen LogP contribution in [0.15, 0.2) is 0 Å². The van der Waals surface area contributed by atoms with Gasteiger partial charge in [-0.15, -0.1) is 0 Å². The Kier molecular flexibility index (Phi) is 10.1. The molecule has 2 N–H and O–H groups in total. The van der Waals surface area contributed by atoms with Gasteiger partial charge in [-0.05, 0) is 0 Å². The standard InChI is InChI=1S/C2H2N2S3.2Na.2H/c5-1-2(6)4-7-3-1;;;;/h(H,3,5)(H,4,6);;;;/q;2*+1;2*-1. The van der Waals surface area contributed by atoms with E-state index in [1.54, 1.807) is 0 Å². The minimum atomic E-state index is 0. The summed E-state index contributed by atoms with van der Waals surface area (Å²) in [7, 11) is 0. The molecule has 0 unspecified atom stereocenters. The molecular weight excluding hydrogens is 194 g/mol. The predicted molar refractivity (Wildman–Crippen MR) is 36.9 cm³/mol. The predicted octanol–water partition coefficient (Wildman–Crippen LogP) is -3.90.